The zero-order valence-electron chi connectivity index (χ0n) is 10.8. The normalized spacial score (nSPS) is 12.4. The second kappa shape index (κ2) is 5.19. The molecule has 1 atom stereocenters. The molecule has 1 aromatic carbocycles. The molecule has 1 heterocycles. The first-order chi connectivity index (χ1) is 8.65. The van der Waals surface area contributed by atoms with Gasteiger partial charge < -0.3 is 10.3 Å². The van der Waals surface area contributed by atoms with Crippen molar-refractivity contribution in [3.8, 4) is 0 Å². The molecular weight excluding hydrogens is 224 g/mol. The third-order valence-corrected chi connectivity index (χ3v) is 3.23. The zero-order chi connectivity index (χ0) is 13.1. The fourth-order valence-electron chi connectivity index (χ4n) is 2.16. The Bertz CT molecular complexity index is 587. The van der Waals surface area contributed by atoms with Gasteiger partial charge in [-0.05, 0) is 31.5 Å². The number of aromatic nitrogens is 1. The molecule has 18 heavy (non-hydrogen) atoms. The molecule has 0 aliphatic rings. The maximum absolute atomic E-state index is 12.3. The van der Waals surface area contributed by atoms with Gasteiger partial charge in [-0.2, -0.15) is 0 Å². The van der Waals surface area contributed by atoms with Gasteiger partial charge in [0.05, 0.1) is 6.04 Å². The van der Waals surface area contributed by atoms with Gasteiger partial charge in [0.1, 0.15) is 0 Å². The van der Waals surface area contributed by atoms with E-state index in [1.54, 1.807) is 4.57 Å². The minimum atomic E-state index is -0.364. The van der Waals surface area contributed by atoms with Crippen LogP contribution >= 0.6 is 0 Å². The molecule has 0 aliphatic heterocycles. The van der Waals surface area contributed by atoms with Gasteiger partial charge in [-0.1, -0.05) is 30.3 Å². The molecule has 2 N–H and O–H groups in total. The summed E-state index contributed by atoms with van der Waals surface area (Å²) in [4.78, 5) is 12.3. The van der Waals surface area contributed by atoms with Crippen LogP contribution in [0.15, 0.2) is 47.3 Å². The minimum Gasteiger partial charge on any atom is -0.320 e. The first-order valence-corrected chi connectivity index (χ1v) is 6.16. The maximum atomic E-state index is 12.3. The standard InChI is InChI=1S/C15H18N2O/c1-3-17-11(2)9-10-13(15(17)18)14(16)12-7-5-4-6-8-12/h4-10,14H,3,16H2,1-2H3. The second-order valence-corrected chi connectivity index (χ2v) is 4.37. The van der Waals surface area contributed by atoms with Crippen molar-refractivity contribution in [2.24, 2.45) is 5.73 Å². The van der Waals surface area contributed by atoms with E-state index >= 15 is 0 Å². The van der Waals surface area contributed by atoms with Crippen molar-refractivity contribution in [2.45, 2.75) is 26.4 Å². The predicted molar refractivity (Wildman–Crippen MR) is 73.6 cm³/mol. The van der Waals surface area contributed by atoms with E-state index in [1.807, 2.05) is 56.3 Å². The highest BCUT2D eigenvalue weighted by atomic mass is 16.1. The van der Waals surface area contributed by atoms with Crippen molar-refractivity contribution in [1.29, 1.82) is 0 Å². The Balaban J connectivity index is 2.50. The summed E-state index contributed by atoms with van der Waals surface area (Å²) in [5.74, 6) is 0. The molecule has 0 saturated heterocycles. The number of rotatable bonds is 3. The van der Waals surface area contributed by atoms with Crippen LogP contribution in [0.3, 0.4) is 0 Å². The largest absolute Gasteiger partial charge is 0.320 e. The first-order valence-electron chi connectivity index (χ1n) is 6.16. The zero-order valence-corrected chi connectivity index (χ0v) is 10.8. The maximum Gasteiger partial charge on any atom is 0.255 e. The second-order valence-electron chi connectivity index (χ2n) is 4.37. The van der Waals surface area contributed by atoms with Crippen molar-refractivity contribution in [3.63, 3.8) is 0 Å². The third kappa shape index (κ3) is 2.22. The molecular formula is C15H18N2O. The lowest BCUT2D eigenvalue weighted by Gasteiger charge is -2.15. The van der Waals surface area contributed by atoms with Crippen LogP contribution in [0.4, 0.5) is 0 Å². The fourth-order valence-corrected chi connectivity index (χ4v) is 2.16. The van der Waals surface area contributed by atoms with E-state index in [2.05, 4.69) is 0 Å². The van der Waals surface area contributed by atoms with Gasteiger partial charge in [0.15, 0.2) is 0 Å². The predicted octanol–water partition coefficient (Wildman–Crippen LogP) is 2.22. The lowest BCUT2D eigenvalue weighted by atomic mass is 10.0. The van der Waals surface area contributed by atoms with Gasteiger partial charge in [0.25, 0.3) is 5.56 Å². The molecule has 1 unspecified atom stereocenters. The van der Waals surface area contributed by atoms with E-state index in [4.69, 9.17) is 5.73 Å². The number of pyridine rings is 1. The highest BCUT2D eigenvalue weighted by molar-refractivity contribution is 5.30. The van der Waals surface area contributed by atoms with Crippen LogP contribution in [0.5, 0.6) is 0 Å². The molecule has 0 amide bonds. The van der Waals surface area contributed by atoms with Crippen LogP contribution in [0, 0.1) is 6.92 Å². The Morgan fingerprint density at radius 3 is 2.44 bits per heavy atom. The van der Waals surface area contributed by atoms with Crippen molar-refractivity contribution in [1.82, 2.24) is 4.57 Å². The van der Waals surface area contributed by atoms with Crippen molar-refractivity contribution in [2.75, 3.05) is 0 Å². The summed E-state index contributed by atoms with van der Waals surface area (Å²) in [6, 6.07) is 13.1. The quantitative estimate of drug-likeness (QED) is 0.897. The lowest BCUT2D eigenvalue weighted by molar-refractivity contribution is 0.679. The fraction of sp³-hybridized carbons (Fsp3) is 0.267. The van der Waals surface area contributed by atoms with Gasteiger partial charge in [-0.25, -0.2) is 0 Å². The van der Waals surface area contributed by atoms with E-state index in [0.717, 1.165) is 11.3 Å². The Hall–Kier alpha value is -1.87. The van der Waals surface area contributed by atoms with E-state index in [-0.39, 0.29) is 11.6 Å². The summed E-state index contributed by atoms with van der Waals surface area (Å²) in [5.41, 5.74) is 8.76. The van der Waals surface area contributed by atoms with Crippen LogP contribution < -0.4 is 11.3 Å². The summed E-state index contributed by atoms with van der Waals surface area (Å²) in [7, 11) is 0. The highest BCUT2D eigenvalue weighted by Gasteiger charge is 2.14. The highest BCUT2D eigenvalue weighted by Crippen LogP contribution is 2.16. The molecule has 2 aromatic rings. The minimum absolute atomic E-state index is 0.00820. The average molecular weight is 242 g/mol. The molecule has 0 aliphatic carbocycles. The molecule has 2 rings (SSSR count). The number of hydrogen-bond donors (Lipinski definition) is 1. The molecule has 3 nitrogen and oxygen atoms in total. The summed E-state index contributed by atoms with van der Waals surface area (Å²) < 4.78 is 1.75. The topological polar surface area (TPSA) is 48.0 Å². The van der Waals surface area contributed by atoms with E-state index in [0.29, 0.717) is 12.1 Å². The average Bonchev–Trinajstić information content (AvgIpc) is 2.40. The monoisotopic (exact) mass is 242 g/mol. The van der Waals surface area contributed by atoms with E-state index in [9.17, 15) is 4.79 Å². The van der Waals surface area contributed by atoms with Crippen molar-refractivity contribution < 1.29 is 0 Å². The molecule has 0 radical (unpaired) electrons. The van der Waals surface area contributed by atoms with Gasteiger partial charge in [-0.15, -0.1) is 0 Å². The number of aryl methyl sites for hydroxylation is 1. The lowest BCUT2D eigenvalue weighted by Crippen LogP contribution is -2.29. The van der Waals surface area contributed by atoms with Gasteiger partial charge >= 0.3 is 0 Å². The summed E-state index contributed by atoms with van der Waals surface area (Å²) in [6.07, 6.45) is 0. The van der Waals surface area contributed by atoms with E-state index in [1.165, 1.54) is 0 Å². The van der Waals surface area contributed by atoms with Crippen LogP contribution in [0.1, 0.15) is 29.8 Å². The Morgan fingerprint density at radius 2 is 1.83 bits per heavy atom. The molecule has 94 valence electrons. The molecule has 3 heteroatoms. The molecule has 0 fully saturated rings. The Kier molecular flexibility index (Phi) is 3.63. The van der Waals surface area contributed by atoms with Crippen molar-refractivity contribution >= 4 is 0 Å². The number of hydrogen-bond acceptors (Lipinski definition) is 2. The van der Waals surface area contributed by atoms with Crippen LogP contribution in [0.2, 0.25) is 0 Å². The molecule has 1 aromatic heterocycles. The molecule has 0 spiro atoms. The first kappa shape index (κ1) is 12.6. The Morgan fingerprint density at radius 1 is 1.17 bits per heavy atom. The van der Waals surface area contributed by atoms with Gasteiger partial charge in [0.2, 0.25) is 0 Å². The SMILES string of the molecule is CCn1c(C)ccc(C(N)c2ccccc2)c1=O. The summed E-state index contributed by atoms with van der Waals surface area (Å²) in [5, 5.41) is 0. The molecule has 0 saturated carbocycles. The summed E-state index contributed by atoms with van der Waals surface area (Å²) in [6.45, 7) is 4.56. The van der Waals surface area contributed by atoms with Crippen LogP contribution in [-0.4, -0.2) is 4.57 Å². The van der Waals surface area contributed by atoms with Crippen LogP contribution in [0.25, 0.3) is 0 Å². The number of nitrogens with two attached hydrogens (primary N) is 1. The summed E-state index contributed by atoms with van der Waals surface area (Å²) >= 11 is 0. The van der Waals surface area contributed by atoms with Crippen LogP contribution in [-0.2, 0) is 6.54 Å². The molecule has 0 bridgehead atoms. The Labute approximate surface area is 107 Å². The van der Waals surface area contributed by atoms with Crippen molar-refractivity contribution in [3.05, 3.63) is 69.6 Å². The third-order valence-electron chi connectivity index (χ3n) is 3.23. The van der Waals surface area contributed by atoms with E-state index < -0.39 is 0 Å². The van der Waals surface area contributed by atoms with Gasteiger partial charge in [0, 0.05) is 17.8 Å². The number of nitrogens with zero attached hydrogens (tertiary/aromatic N) is 1. The van der Waals surface area contributed by atoms with Gasteiger partial charge in [-0.3, -0.25) is 4.79 Å². The number of benzene rings is 1. The smallest absolute Gasteiger partial charge is 0.255 e.